The summed E-state index contributed by atoms with van der Waals surface area (Å²) in [6.45, 7) is 7.45. The first-order valence-electron chi connectivity index (χ1n) is 15.6. The van der Waals surface area contributed by atoms with E-state index >= 15 is 0 Å². The van der Waals surface area contributed by atoms with E-state index in [4.69, 9.17) is 4.74 Å². The summed E-state index contributed by atoms with van der Waals surface area (Å²) in [5.41, 5.74) is 3.90. The predicted molar refractivity (Wildman–Crippen MR) is 167 cm³/mol. The first-order chi connectivity index (χ1) is 20.1. The third kappa shape index (κ3) is 7.99. The van der Waals surface area contributed by atoms with Gasteiger partial charge in [-0.3, -0.25) is 4.90 Å². The maximum atomic E-state index is 13.1. The monoisotopic (exact) mass is 553 g/mol. The number of amides is 1. The number of hydrogen-bond donors (Lipinski definition) is 0. The molecule has 5 rings (SSSR count). The van der Waals surface area contributed by atoms with E-state index < -0.39 is 0 Å². The van der Waals surface area contributed by atoms with Crippen molar-refractivity contribution >= 4 is 6.09 Å². The van der Waals surface area contributed by atoms with Crippen molar-refractivity contribution < 1.29 is 9.53 Å². The molecule has 3 atom stereocenters. The van der Waals surface area contributed by atoms with E-state index in [9.17, 15) is 4.79 Å². The molecule has 3 unspecified atom stereocenters. The maximum absolute atomic E-state index is 13.1. The van der Waals surface area contributed by atoms with E-state index in [1.54, 1.807) is 0 Å². The molecule has 5 heteroatoms. The summed E-state index contributed by atoms with van der Waals surface area (Å²) < 4.78 is 5.74. The van der Waals surface area contributed by atoms with E-state index in [-0.39, 0.29) is 12.1 Å². The quantitative estimate of drug-likeness (QED) is 0.252. The number of hydrogen-bond acceptors (Lipinski definition) is 4. The molecule has 3 aromatic carbocycles. The zero-order valence-corrected chi connectivity index (χ0v) is 24.9. The molecule has 41 heavy (non-hydrogen) atoms. The van der Waals surface area contributed by atoms with Crippen LogP contribution in [0.4, 0.5) is 4.79 Å². The molecule has 0 N–H and O–H groups in total. The summed E-state index contributed by atoms with van der Waals surface area (Å²) in [6.07, 6.45) is 5.25. The summed E-state index contributed by atoms with van der Waals surface area (Å²) >= 11 is 0. The molecule has 218 valence electrons. The lowest BCUT2D eigenvalue weighted by Crippen LogP contribution is -2.48. The number of nitrogens with zero attached hydrogens (tertiary/aromatic N) is 3. The largest absolute Gasteiger partial charge is 0.445 e. The highest BCUT2D eigenvalue weighted by Gasteiger charge is 2.38. The van der Waals surface area contributed by atoms with Crippen LogP contribution in [-0.2, 0) is 17.9 Å². The highest BCUT2D eigenvalue weighted by molar-refractivity contribution is 5.68. The fourth-order valence-corrected chi connectivity index (χ4v) is 6.98. The van der Waals surface area contributed by atoms with Gasteiger partial charge < -0.3 is 14.5 Å². The highest BCUT2D eigenvalue weighted by Crippen LogP contribution is 2.42. The van der Waals surface area contributed by atoms with Gasteiger partial charge in [0.1, 0.15) is 6.61 Å². The summed E-state index contributed by atoms with van der Waals surface area (Å²) in [4.78, 5) is 20.3. The van der Waals surface area contributed by atoms with Crippen LogP contribution in [0.5, 0.6) is 0 Å². The molecule has 1 aliphatic heterocycles. The number of ether oxygens (including phenoxy) is 1. The zero-order valence-electron chi connectivity index (χ0n) is 24.9. The summed E-state index contributed by atoms with van der Waals surface area (Å²) in [5, 5.41) is 0. The van der Waals surface area contributed by atoms with Crippen LogP contribution in [0.15, 0.2) is 91.0 Å². The lowest BCUT2D eigenvalue weighted by molar-refractivity contribution is 0.0576. The van der Waals surface area contributed by atoms with Crippen LogP contribution in [0.1, 0.15) is 61.6 Å². The van der Waals surface area contributed by atoms with Crippen LogP contribution in [-0.4, -0.2) is 66.1 Å². The molecule has 2 aliphatic rings. The molecule has 0 radical (unpaired) electrons. The lowest BCUT2D eigenvalue weighted by Gasteiger charge is -2.39. The Morgan fingerprint density at radius 3 is 2.07 bits per heavy atom. The number of benzene rings is 3. The van der Waals surface area contributed by atoms with Crippen LogP contribution in [0.25, 0.3) is 0 Å². The van der Waals surface area contributed by atoms with Crippen LogP contribution in [0.3, 0.4) is 0 Å². The first-order valence-corrected chi connectivity index (χ1v) is 15.6. The average Bonchev–Trinajstić information content (AvgIpc) is 3.44. The van der Waals surface area contributed by atoms with Gasteiger partial charge in [-0.1, -0.05) is 97.9 Å². The standard InChI is InChI=1S/C36H47N3O2/c1-3-21-39(36(40)41-28-30-15-9-5-10-16-30)33-19-22-38(23-20-33)27-32-24-34(25-35(32)31-17-11-6-12-18-31)37(2)26-29-13-7-4-8-14-29/h4-18,32-35H,3,19-28H2,1-2H3. The SMILES string of the molecule is CCCN(C(=O)OCc1ccccc1)C1CCN(CC2CC(N(C)Cc3ccccc3)CC2c2ccccc2)CC1. The van der Waals surface area contributed by atoms with Gasteiger partial charge >= 0.3 is 6.09 Å². The van der Waals surface area contributed by atoms with Crippen molar-refractivity contribution in [3.63, 3.8) is 0 Å². The van der Waals surface area contributed by atoms with Gasteiger partial charge in [-0.05, 0) is 67.7 Å². The van der Waals surface area contributed by atoms with Gasteiger partial charge in [-0.15, -0.1) is 0 Å². The normalized spacial score (nSPS) is 21.7. The van der Waals surface area contributed by atoms with Crippen molar-refractivity contribution in [3.8, 4) is 0 Å². The van der Waals surface area contributed by atoms with Crippen molar-refractivity contribution in [2.75, 3.05) is 33.2 Å². The third-order valence-corrected chi connectivity index (χ3v) is 9.19. The third-order valence-electron chi connectivity index (χ3n) is 9.19. The minimum atomic E-state index is -0.168. The molecule has 2 fully saturated rings. The first kappa shape index (κ1) is 29.3. The predicted octanol–water partition coefficient (Wildman–Crippen LogP) is 7.19. The zero-order chi connectivity index (χ0) is 28.4. The number of likely N-dealkylation sites (tertiary alicyclic amines) is 1. The molecular weight excluding hydrogens is 506 g/mol. The number of piperidine rings is 1. The second-order valence-corrected chi connectivity index (χ2v) is 12.1. The second kappa shape index (κ2) is 14.7. The van der Waals surface area contributed by atoms with Gasteiger partial charge in [-0.25, -0.2) is 4.79 Å². The Morgan fingerprint density at radius 1 is 0.829 bits per heavy atom. The van der Waals surface area contributed by atoms with Crippen molar-refractivity contribution in [2.24, 2.45) is 5.92 Å². The van der Waals surface area contributed by atoms with Crippen molar-refractivity contribution in [2.45, 2.75) is 70.2 Å². The van der Waals surface area contributed by atoms with E-state index in [1.165, 1.54) is 24.0 Å². The van der Waals surface area contributed by atoms with Gasteiger partial charge in [0.25, 0.3) is 0 Å². The van der Waals surface area contributed by atoms with Crippen LogP contribution < -0.4 is 0 Å². The second-order valence-electron chi connectivity index (χ2n) is 12.1. The fraction of sp³-hybridized carbons (Fsp3) is 0.472. The van der Waals surface area contributed by atoms with Gasteiger partial charge in [0, 0.05) is 44.8 Å². The smallest absolute Gasteiger partial charge is 0.410 e. The van der Waals surface area contributed by atoms with Crippen LogP contribution in [0.2, 0.25) is 0 Å². The molecule has 3 aromatic rings. The Balaban J connectivity index is 1.17. The Bertz CT molecular complexity index is 1180. The maximum Gasteiger partial charge on any atom is 0.410 e. The van der Waals surface area contributed by atoms with Gasteiger partial charge in [-0.2, -0.15) is 0 Å². The van der Waals surface area contributed by atoms with Gasteiger partial charge in [0.05, 0.1) is 0 Å². The minimum absolute atomic E-state index is 0.168. The molecule has 5 nitrogen and oxygen atoms in total. The Labute approximate surface area is 247 Å². The van der Waals surface area contributed by atoms with E-state index in [0.29, 0.717) is 24.5 Å². The number of rotatable bonds is 11. The topological polar surface area (TPSA) is 36.0 Å². The number of carbonyl (C=O) groups excluding carboxylic acids is 1. The van der Waals surface area contributed by atoms with E-state index in [1.807, 2.05) is 35.2 Å². The molecule has 1 saturated carbocycles. The average molecular weight is 554 g/mol. The molecule has 0 aromatic heterocycles. The summed E-state index contributed by atoms with van der Waals surface area (Å²) in [6, 6.07) is 32.8. The van der Waals surface area contributed by atoms with Crippen molar-refractivity contribution in [1.29, 1.82) is 0 Å². The number of carbonyl (C=O) groups is 1. The molecule has 0 bridgehead atoms. The lowest BCUT2D eigenvalue weighted by atomic mass is 9.88. The van der Waals surface area contributed by atoms with E-state index in [0.717, 1.165) is 57.5 Å². The van der Waals surface area contributed by atoms with Gasteiger partial charge in [0.15, 0.2) is 0 Å². The molecule has 1 saturated heterocycles. The Kier molecular flexibility index (Phi) is 10.5. The van der Waals surface area contributed by atoms with Gasteiger partial charge in [0.2, 0.25) is 0 Å². The van der Waals surface area contributed by atoms with Crippen molar-refractivity contribution in [3.05, 3.63) is 108 Å². The van der Waals surface area contributed by atoms with E-state index in [2.05, 4.69) is 84.4 Å². The molecule has 1 aliphatic carbocycles. The highest BCUT2D eigenvalue weighted by atomic mass is 16.6. The molecular formula is C36H47N3O2. The Hall–Kier alpha value is -3.15. The Morgan fingerprint density at radius 2 is 1.44 bits per heavy atom. The minimum Gasteiger partial charge on any atom is -0.445 e. The summed E-state index contributed by atoms with van der Waals surface area (Å²) in [7, 11) is 2.30. The fourth-order valence-electron chi connectivity index (χ4n) is 6.98. The molecule has 1 heterocycles. The van der Waals surface area contributed by atoms with Crippen LogP contribution >= 0.6 is 0 Å². The summed E-state index contributed by atoms with van der Waals surface area (Å²) in [5.74, 6) is 1.22. The van der Waals surface area contributed by atoms with Crippen molar-refractivity contribution in [1.82, 2.24) is 14.7 Å². The molecule has 0 spiro atoms. The van der Waals surface area contributed by atoms with Crippen LogP contribution in [0, 0.1) is 5.92 Å². The molecule has 1 amide bonds.